The molecular formula is C17H18N4O2S. The number of nitrogens with one attached hydrogen (secondary N) is 2. The molecule has 2 aliphatic heterocycles. The van der Waals surface area contributed by atoms with Crippen molar-refractivity contribution in [2.45, 2.75) is 42.5 Å². The molecule has 1 aromatic heterocycles. The first-order valence-corrected chi connectivity index (χ1v) is 8.90. The normalized spacial score (nSPS) is 22.3. The predicted octanol–water partition coefficient (Wildman–Crippen LogP) is 2.06. The fraction of sp³-hybridized carbons (Fsp3) is 0.353. The Morgan fingerprint density at radius 3 is 3.21 bits per heavy atom. The number of aromatic nitrogens is 2. The van der Waals surface area contributed by atoms with Crippen molar-refractivity contribution < 1.29 is 9.59 Å². The third-order valence-corrected chi connectivity index (χ3v) is 5.62. The van der Waals surface area contributed by atoms with Gasteiger partial charge in [-0.05, 0) is 31.5 Å². The van der Waals surface area contributed by atoms with Crippen LogP contribution >= 0.6 is 11.8 Å². The Hall–Kier alpha value is -2.28. The number of hydrogen-bond acceptors (Lipinski definition) is 4. The molecule has 3 heterocycles. The van der Waals surface area contributed by atoms with Crippen LogP contribution < -0.4 is 10.6 Å². The van der Waals surface area contributed by atoms with Gasteiger partial charge >= 0.3 is 0 Å². The van der Waals surface area contributed by atoms with Gasteiger partial charge in [-0.15, -0.1) is 11.8 Å². The van der Waals surface area contributed by atoms with Crippen LogP contribution in [0.25, 0.3) is 0 Å². The summed E-state index contributed by atoms with van der Waals surface area (Å²) in [5, 5.41) is 5.84. The third kappa shape index (κ3) is 2.80. The highest BCUT2D eigenvalue weighted by atomic mass is 32.2. The zero-order chi connectivity index (χ0) is 16.7. The van der Waals surface area contributed by atoms with Crippen LogP contribution in [0.2, 0.25) is 0 Å². The van der Waals surface area contributed by atoms with Gasteiger partial charge in [0.1, 0.15) is 5.82 Å². The van der Waals surface area contributed by atoms with Crippen LogP contribution in [0.3, 0.4) is 0 Å². The maximum atomic E-state index is 12.5. The Labute approximate surface area is 144 Å². The number of anilines is 1. The summed E-state index contributed by atoms with van der Waals surface area (Å²) in [6.45, 7) is 2.62. The molecule has 2 N–H and O–H groups in total. The fourth-order valence-electron chi connectivity index (χ4n) is 3.10. The molecule has 0 radical (unpaired) electrons. The minimum absolute atomic E-state index is 0.0232. The molecule has 2 aliphatic rings. The molecule has 0 bridgehead atoms. The summed E-state index contributed by atoms with van der Waals surface area (Å²) in [4.78, 5) is 29.6. The van der Waals surface area contributed by atoms with Crippen LogP contribution in [0.4, 0.5) is 5.69 Å². The lowest BCUT2D eigenvalue weighted by atomic mass is 10.1. The van der Waals surface area contributed by atoms with Crippen LogP contribution in [0, 0.1) is 0 Å². The monoisotopic (exact) mass is 342 g/mol. The van der Waals surface area contributed by atoms with Gasteiger partial charge in [-0.3, -0.25) is 9.59 Å². The topological polar surface area (TPSA) is 76.0 Å². The van der Waals surface area contributed by atoms with E-state index in [1.54, 1.807) is 12.3 Å². The van der Waals surface area contributed by atoms with Gasteiger partial charge in [0.2, 0.25) is 5.91 Å². The fourth-order valence-corrected chi connectivity index (χ4v) is 4.03. The quantitative estimate of drug-likeness (QED) is 0.876. The number of carbonyl (C=O) groups excluding carboxylic acids is 2. The third-order valence-electron chi connectivity index (χ3n) is 4.44. The summed E-state index contributed by atoms with van der Waals surface area (Å²) in [7, 11) is 0. The number of fused-ring (bicyclic) bond motifs is 2. The highest BCUT2D eigenvalue weighted by Gasteiger charge is 2.25. The lowest BCUT2D eigenvalue weighted by Crippen LogP contribution is -2.41. The Balaban J connectivity index is 1.47. The maximum absolute atomic E-state index is 12.5. The second-order valence-electron chi connectivity index (χ2n) is 6.17. The highest BCUT2D eigenvalue weighted by molar-refractivity contribution is 8.00. The van der Waals surface area contributed by atoms with Gasteiger partial charge in [-0.2, -0.15) is 0 Å². The first kappa shape index (κ1) is 15.3. The average Bonchev–Trinajstić information content (AvgIpc) is 3.03. The summed E-state index contributed by atoms with van der Waals surface area (Å²) in [6.07, 6.45) is 5.50. The van der Waals surface area contributed by atoms with Crippen molar-refractivity contribution in [2.24, 2.45) is 0 Å². The Bertz CT molecular complexity index is 817. The SMILES string of the molecule is C[C@H]1Sc2ccc(C(=O)N[C@@H]3CCc4nccn4C3)cc2NC1=O. The number of nitrogens with zero attached hydrogens (tertiary/aromatic N) is 2. The molecule has 0 aliphatic carbocycles. The van der Waals surface area contributed by atoms with Gasteiger partial charge in [0.05, 0.1) is 10.9 Å². The van der Waals surface area contributed by atoms with E-state index in [-0.39, 0.29) is 23.1 Å². The van der Waals surface area contributed by atoms with Crippen molar-refractivity contribution in [1.29, 1.82) is 0 Å². The molecular weight excluding hydrogens is 324 g/mol. The molecule has 1 aromatic carbocycles. The zero-order valence-corrected chi connectivity index (χ0v) is 14.1. The van der Waals surface area contributed by atoms with E-state index in [1.807, 2.05) is 25.3 Å². The van der Waals surface area contributed by atoms with E-state index in [2.05, 4.69) is 20.2 Å². The van der Waals surface area contributed by atoms with E-state index in [4.69, 9.17) is 0 Å². The van der Waals surface area contributed by atoms with E-state index in [1.165, 1.54) is 11.8 Å². The Kier molecular flexibility index (Phi) is 3.80. The summed E-state index contributed by atoms with van der Waals surface area (Å²) in [5.74, 6) is 0.942. The van der Waals surface area contributed by atoms with Gasteiger partial charge in [0.15, 0.2) is 0 Å². The molecule has 2 atom stereocenters. The molecule has 4 rings (SSSR count). The number of imidazole rings is 1. The predicted molar refractivity (Wildman–Crippen MR) is 92.2 cm³/mol. The van der Waals surface area contributed by atoms with Crippen LogP contribution in [0.15, 0.2) is 35.5 Å². The largest absolute Gasteiger partial charge is 0.347 e. The number of rotatable bonds is 2. The molecule has 0 spiro atoms. The number of benzene rings is 1. The van der Waals surface area contributed by atoms with Crippen molar-refractivity contribution in [1.82, 2.24) is 14.9 Å². The molecule has 124 valence electrons. The van der Waals surface area contributed by atoms with Crippen molar-refractivity contribution in [3.8, 4) is 0 Å². The smallest absolute Gasteiger partial charge is 0.251 e. The van der Waals surface area contributed by atoms with Crippen molar-refractivity contribution in [2.75, 3.05) is 5.32 Å². The Morgan fingerprint density at radius 2 is 2.33 bits per heavy atom. The lowest BCUT2D eigenvalue weighted by Gasteiger charge is -2.25. The maximum Gasteiger partial charge on any atom is 0.251 e. The average molecular weight is 342 g/mol. The van der Waals surface area contributed by atoms with E-state index in [0.717, 1.165) is 35.8 Å². The van der Waals surface area contributed by atoms with Crippen LogP contribution in [-0.2, 0) is 17.8 Å². The number of hydrogen-bond donors (Lipinski definition) is 2. The molecule has 0 fully saturated rings. The molecule has 0 unspecified atom stereocenters. The number of thioether (sulfide) groups is 1. The Morgan fingerprint density at radius 1 is 1.46 bits per heavy atom. The van der Waals surface area contributed by atoms with E-state index < -0.39 is 0 Å². The van der Waals surface area contributed by atoms with Crippen molar-refractivity contribution >= 4 is 29.3 Å². The number of carbonyl (C=O) groups is 2. The second-order valence-corrected chi connectivity index (χ2v) is 7.55. The molecule has 6 nitrogen and oxygen atoms in total. The highest BCUT2D eigenvalue weighted by Crippen LogP contribution is 2.35. The molecule has 2 aromatic rings. The minimum Gasteiger partial charge on any atom is -0.347 e. The molecule has 7 heteroatoms. The van der Waals surface area contributed by atoms with E-state index >= 15 is 0 Å². The van der Waals surface area contributed by atoms with Crippen LogP contribution in [0.5, 0.6) is 0 Å². The minimum atomic E-state index is -0.108. The first-order valence-electron chi connectivity index (χ1n) is 8.02. The van der Waals surface area contributed by atoms with E-state index in [9.17, 15) is 9.59 Å². The van der Waals surface area contributed by atoms with Crippen molar-refractivity contribution in [3.63, 3.8) is 0 Å². The summed E-state index contributed by atoms with van der Waals surface area (Å²) in [5.41, 5.74) is 1.29. The standard InChI is InChI=1S/C17H18N4O2S/c1-10-16(22)20-13-8-11(2-4-14(13)24-10)17(23)19-12-3-5-15-18-6-7-21(15)9-12/h2,4,6-8,10,12H,3,5,9H2,1H3,(H,19,23)(H,20,22)/t10-,12-/m1/s1. The zero-order valence-electron chi connectivity index (χ0n) is 13.3. The lowest BCUT2D eigenvalue weighted by molar-refractivity contribution is -0.115. The van der Waals surface area contributed by atoms with E-state index in [0.29, 0.717) is 5.56 Å². The van der Waals surface area contributed by atoms with Crippen molar-refractivity contribution in [3.05, 3.63) is 42.0 Å². The molecule has 2 amide bonds. The van der Waals surface area contributed by atoms with Gasteiger partial charge in [0.25, 0.3) is 5.91 Å². The van der Waals surface area contributed by atoms with Gasteiger partial charge in [0, 0.05) is 41.9 Å². The van der Waals surface area contributed by atoms with Crippen LogP contribution in [0.1, 0.15) is 29.5 Å². The summed E-state index contributed by atoms with van der Waals surface area (Å²) in [6, 6.07) is 5.57. The summed E-state index contributed by atoms with van der Waals surface area (Å²) >= 11 is 1.52. The molecule has 24 heavy (non-hydrogen) atoms. The van der Waals surface area contributed by atoms with Crippen LogP contribution in [-0.4, -0.2) is 32.7 Å². The van der Waals surface area contributed by atoms with Gasteiger partial charge in [-0.1, -0.05) is 0 Å². The number of aryl methyl sites for hydroxylation is 1. The summed E-state index contributed by atoms with van der Waals surface area (Å²) < 4.78 is 2.08. The molecule has 0 saturated carbocycles. The first-order chi connectivity index (χ1) is 11.6. The van der Waals surface area contributed by atoms with Gasteiger partial charge < -0.3 is 15.2 Å². The van der Waals surface area contributed by atoms with Gasteiger partial charge in [-0.25, -0.2) is 4.98 Å². The second kappa shape index (κ2) is 5.98. The number of amides is 2. The molecule has 0 saturated heterocycles.